The summed E-state index contributed by atoms with van der Waals surface area (Å²) >= 11 is 0. The summed E-state index contributed by atoms with van der Waals surface area (Å²) in [7, 11) is -3.62. The van der Waals surface area contributed by atoms with Gasteiger partial charge in [-0.05, 0) is 57.0 Å². The molecule has 25 heavy (non-hydrogen) atoms. The highest BCUT2D eigenvalue weighted by atomic mass is 32.2. The highest BCUT2D eigenvalue weighted by Crippen LogP contribution is 2.23. The fourth-order valence-electron chi connectivity index (χ4n) is 2.76. The summed E-state index contributed by atoms with van der Waals surface area (Å²) in [6.45, 7) is 7.35. The third-order valence-corrected chi connectivity index (χ3v) is 5.23. The molecule has 0 aliphatic carbocycles. The van der Waals surface area contributed by atoms with Gasteiger partial charge in [-0.25, -0.2) is 8.42 Å². The molecule has 0 heterocycles. The van der Waals surface area contributed by atoms with Gasteiger partial charge in [0.05, 0.1) is 11.9 Å². The van der Waals surface area contributed by atoms with E-state index in [1.165, 1.54) is 0 Å². The highest BCUT2D eigenvalue weighted by molar-refractivity contribution is 7.92. The zero-order chi connectivity index (χ0) is 18.8. The first kappa shape index (κ1) is 19.0. The van der Waals surface area contributed by atoms with E-state index >= 15 is 0 Å². The molecule has 1 unspecified atom stereocenters. The molecule has 0 saturated carbocycles. The molecule has 1 N–H and O–H groups in total. The lowest BCUT2D eigenvalue weighted by molar-refractivity contribution is -0.116. The van der Waals surface area contributed by atoms with Crippen LogP contribution < -0.4 is 9.62 Å². The van der Waals surface area contributed by atoms with E-state index < -0.39 is 16.1 Å². The van der Waals surface area contributed by atoms with E-state index in [0.717, 1.165) is 27.3 Å². The third-order valence-electron chi connectivity index (χ3n) is 3.98. The number of anilines is 2. The van der Waals surface area contributed by atoms with Gasteiger partial charge in [0, 0.05) is 5.69 Å². The van der Waals surface area contributed by atoms with Gasteiger partial charge in [-0.3, -0.25) is 9.10 Å². The van der Waals surface area contributed by atoms with Crippen molar-refractivity contribution < 1.29 is 13.2 Å². The van der Waals surface area contributed by atoms with Crippen molar-refractivity contribution >= 4 is 27.3 Å². The van der Waals surface area contributed by atoms with Crippen LogP contribution in [-0.4, -0.2) is 26.6 Å². The number of hydrogen-bond acceptors (Lipinski definition) is 3. The van der Waals surface area contributed by atoms with Crippen LogP contribution in [0.3, 0.4) is 0 Å². The molecule has 134 valence electrons. The smallest absolute Gasteiger partial charge is 0.248 e. The van der Waals surface area contributed by atoms with Crippen LogP contribution in [0.4, 0.5) is 11.4 Å². The maximum Gasteiger partial charge on any atom is 0.248 e. The van der Waals surface area contributed by atoms with Gasteiger partial charge in [-0.1, -0.05) is 29.8 Å². The summed E-state index contributed by atoms with van der Waals surface area (Å²) in [5.74, 6) is -0.376. The Balaban J connectivity index is 2.33. The molecule has 0 fully saturated rings. The van der Waals surface area contributed by atoms with Crippen LogP contribution in [0, 0.1) is 20.8 Å². The molecule has 0 saturated heterocycles. The Hall–Kier alpha value is -2.34. The van der Waals surface area contributed by atoms with Crippen LogP contribution in [0.2, 0.25) is 0 Å². The summed E-state index contributed by atoms with van der Waals surface area (Å²) in [5, 5.41) is 2.83. The average molecular weight is 360 g/mol. The Morgan fingerprint density at radius 2 is 1.68 bits per heavy atom. The second kappa shape index (κ2) is 7.27. The lowest BCUT2D eigenvalue weighted by atomic mass is 10.1. The lowest BCUT2D eigenvalue weighted by Crippen LogP contribution is -2.45. The summed E-state index contributed by atoms with van der Waals surface area (Å²) < 4.78 is 25.7. The number of benzene rings is 2. The summed E-state index contributed by atoms with van der Waals surface area (Å²) in [5.41, 5.74) is 4.11. The Labute approximate surface area is 149 Å². The monoisotopic (exact) mass is 360 g/mol. The van der Waals surface area contributed by atoms with E-state index in [-0.39, 0.29) is 5.91 Å². The zero-order valence-electron chi connectivity index (χ0n) is 15.2. The van der Waals surface area contributed by atoms with Crippen LogP contribution >= 0.6 is 0 Å². The Morgan fingerprint density at radius 3 is 2.24 bits per heavy atom. The molecule has 0 aliphatic heterocycles. The first-order valence-corrected chi connectivity index (χ1v) is 9.88. The van der Waals surface area contributed by atoms with Crippen LogP contribution in [0.5, 0.6) is 0 Å². The minimum Gasteiger partial charge on any atom is -0.324 e. The molecule has 0 radical (unpaired) electrons. The van der Waals surface area contributed by atoms with E-state index in [4.69, 9.17) is 0 Å². The SMILES string of the molecule is Cc1cccc(N(C(C)C(=O)Nc2ccc(C)cc2C)S(C)(=O)=O)c1. The average Bonchev–Trinajstić information content (AvgIpc) is 2.48. The van der Waals surface area contributed by atoms with Crippen LogP contribution in [0.25, 0.3) is 0 Å². The van der Waals surface area contributed by atoms with Crippen LogP contribution in [0.15, 0.2) is 42.5 Å². The summed E-state index contributed by atoms with van der Waals surface area (Å²) in [6.07, 6.45) is 1.11. The Kier molecular flexibility index (Phi) is 5.52. The van der Waals surface area contributed by atoms with Gasteiger partial charge >= 0.3 is 0 Å². The summed E-state index contributed by atoms with van der Waals surface area (Å²) in [4.78, 5) is 12.7. The normalized spacial score (nSPS) is 12.5. The van der Waals surface area contributed by atoms with Gasteiger partial charge in [0.2, 0.25) is 15.9 Å². The number of nitrogens with one attached hydrogen (secondary N) is 1. The quantitative estimate of drug-likeness (QED) is 0.888. The molecule has 2 aromatic carbocycles. The van der Waals surface area contributed by atoms with E-state index in [0.29, 0.717) is 11.4 Å². The van der Waals surface area contributed by atoms with Gasteiger partial charge in [-0.2, -0.15) is 0 Å². The Bertz CT molecular complexity index is 891. The second-order valence-corrected chi connectivity index (χ2v) is 8.24. The molecule has 0 bridgehead atoms. The standard InChI is InChI=1S/C19H24N2O3S/c1-13-7-6-8-17(12-13)21(25(5,23)24)16(4)19(22)20-18-10-9-14(2)11-15(18)3/h6-12,16H,1-5H3,(H,20,22). The predicted molar refractivity (Wildman–Crippen MR) is 103 cm³/mol. The van der Waals surface area contributed by atoms with Gasteiger partial charge in [0.15, 0.2) is 0 Å². The maximum atomic E-state index is 12.7. The second-order valence-electron chi connectivity index (χ2n) is 6.38. The molecule has 6 heteroatoms. The van der Waals surface area contributed by atoms with E-state index in [2.05, 4.69) is 5.32 Å². The highest BCUT2D eigenvalue weighted by Gasteiger charge is 2.29. The van der Waals surface area contributed by atoms with E-state index in [1.807, 2.05) is 45.0 Å². The Morgan fingerprint density at radius 1 is 1.04 bits per heavy atom. The van der Waals surface area contributed by atoms with Crippen molar-refractivity contribution in [3.8, 4) is 0 Å². The number of nitrogens with zero attached hydrogens (tertiary/aromatic N) is 1. The van der Waals surface area contributed by atoms with Crippen molar-refractivity contribution in [1.82, 2.24) is 0 Å². The number of carbonyl (C=O) groups is 1. The molecular weight excluding hydrogens is 336 g/mol. The topological polar surface area (TPSA) is 66.5 Å². The minimum absolute atomic E-state index is 0.376. The van der Waals surface area contributed by atoms with Crippen molar-refractivity contribution in [3.05, 3.63) is 59.2 Å². The predicted octanol–water partition coefficient (Wildman–Crippen LogP) is 3.41. The largest absolute Gasteiger partial charge is 0.324 e. The number of aryl methyl sites for hydroxylation is 3. The molecule has 5 nitrogen and oxygen atoms in total. The molecule has 2 rings (SSSR count). The molecule has 0 spiro atoms. The minimum atomic E-state index is -3.62. The maximum absolute atomic E-state index is 12.7. The van der Waals surface area contributed by atoms with Crippen LogP contribution in [-0.2, 0) is 14.8 Å². The molecule has 0 aliphatic rings. The summed E-state index contributed by atoms with van der Waals surface area (Å²) in [6, 6.07) is 11.9. The first-order chi connectivity index (χ1) is 11.6. The lowest BCUT2D eigenvalue weighted by Gasteiger charge is -2.28. The number of amides is 1. The third kappa shape index (κ3) is 4.60. The van der Waals surface area contributed by atoms with E-state index in [9.17, 15) is 13.2 Å². The zero-order valence-corrected chi connectivity index (χ0v) is 16.0. The number of hydrogen-bond donors (Lipinski definition) is 1. The van der Waals surface area contributed by atoms with Gasteiger partial charge in [0.25, 0.3) is 0 Å². The van der Waals surface area contributed by atoms with Crippen molar-refractivity contribution in [2.45, 2.75) is 33.7 Å². The number of sulfonamides is 1. The van der Waals surface area contributed by atoms with Crippen molar-refractivity contribution in [2.75, 3.05) is 15.9 Å². The molecular formula is C19H24N2O3S. The number of rotatable bonds is 5. The molecule has 2 aromatic rings. The van der Waals surface area contributed by atoms with Crippen molar-refractivity contribution in [1.29, 1.82) is 0 Å². The number of carbonyl (C=O) groups excluding carboxylic acids is 1. The van der Waals surface area contributed by atoms with Crippen molar-refractivity contribution in [3.63, 3.8) is 0 Å². The fourth-order valence-corrected chi connectivity index (χ4v) is 3.93. The van der Waals surface area contributed by atoms with E-state index in [1.54, 1.807) is 25.1 Å². The van der Waals surface area contributed by atoms with Crippen molar-refractivity contribution in [2.24, 2.45) is 0 Å². The van der Waals surface area contributed by atoms with Gasteiger partial charge < -0.3 is 5.32 Å². The van der Waals surface area contributed by atoms with Gasteiger partial charge in [-0.15, -0.1) is 0 Å². The van der Waals surface area contributed by atoms with Crippen LogP contribution in [0.1, 0.15) is 23.6 Å². The first-order valence-electron chi connectivity index (χ1n) is 8.04. The molecule has 1 atom stereocenters. The molecule has 0 aromatic heterocycles. The molecule has 1 amide bonds. The fraction of sp³-hybridized carbons (Fsp3) is 0.316. The van der Waals surface area contributed by atoms with Gasteiger partial charge in [0.1, 0.15) is 6.04 Å².